The Hall–Kier alpha value is -1.08. The van der Waals surface area contributed by atoms with Crippen molar-refractivity contribution in [1.82, 2.24) is 0 Å². The molecule has 0 amide bonds. The van der Waals surface area contributed by atoms with Gasteiger partial charge in [-0.25, -0.2) is 0 Å². The third-order valence-electron chi connectivity index (χ3n) is 2.79. The second kappa shape index (κ2) is 4.66. The first-order valence-corrected chi connectivity index (χ1v) is 8.89. The molecule has 0 spiro atoms. The van der Waals surface area contributed by atoms with Gasteiger partial charge in [0.25, 0.3) is 0 Å². The first-order chi connectivity index (χ1) is 8.40. The number of fused-ring (bicyclic) bond motifs is 1. The molecule has 0 aliphatic carbocycles. The zero-order chi connectivity index (χ0) is 11.7. The van der Waals surface area contributed by atoms with Crippen LogP contribution in [0.25, 0.3) is 20.5 Å². The van der Waals surface area contributed by atoms with Gasteiger partial charge in [0.1, 0.15) is 0 Å². The van der Waals surface area contributed by atoms with E-state index in [1.54, 1.807) is 4.46 Å². The molecule has 0 atom stereocenters. The van der Waals surface area contributed by atoms with Crippen LogP contribution in [-0.2, 0) is 0 Å². The van der Waals surface area contributed by atoms with Crippen LogP contribution in [0.3, 0.4) is 0 Å². The normalized spacial score (nSPS) is 10.9. The quantitative estimate of drug-likeness (QED) is 0.629. The Morgan fingerprint density at radius 2 is 1.59 bits per heavy atom. The molecule has 0 bridgehead atoms. The first-order valence-electron chi connectivity index (χ1n) is 5.51. The average molecular weight is 303 g/mol. The van der Waals surface area contributed by atoms with E-state index in [0.717, 1.165) is 0 Å². The van der Waals surface area contributed by atoms with Crippen molar-refractivity contribution >= 4 is 40.8 Å². The molecule has 0 saturated heterocycles. The van der Waals surface area contributed by atoms with Crippen molar-refractivity contribution in [3.63, 3.8) is 0 Å². The molecule has 0 N–H and O–H groups in total. The third-order valence-corrected chi connectivity index (χ3v) is 6.05. The summed E-state index contributed by atoms with van der Waals surface area (Å²) in [5.74, 6) is 2.30. The van der Waals surface area contributed by atoms with E-state index in [0.29, 0.717) is 15.0 Å². The molecule has 0 unspecified atom stereocenters. The molecule has 0 aliphatic heterocycles. The van der Waals surface area contributed by atoms with Gasteiger partial charge in [0.2, 0.25) is 0 Å². The maximum atomic E-state index is 2.30. The average Bonchev–Trinajstić information content (AvgIpc) is 2.78. The number of rotatable bonds is 2. The number of thiophene rings is 1. The Labute approximate surface area is 111 Å². The summed E-state index contributed by atoms with van der Waals surface area (Å²) in [6.45, 7) is 0. The molecule has 1 heterocycles. The van der Waals surface area contributed by atoms with E-state index in [-0.39, 0.29) is 0 Å². The van der Waals surface area contributed by atoms with Crippen LogP contribution in [0, 0.1) is 0 Å². The zero-order valence-electron chi connectivity index (χ0n) is 9.51. The molecule has 17 heavy (non-hydrogen) atoms. The monoisotopic (exact) mass is 304 g/mol. The van der Waals surface area contributed by atoms with Crippen molar-refractivity contribution in [3.05, 3.63) is 54.6 Å². The van der Waals surface area contributed by atoms with Crippen molar-refractivity contribution < 1.29 is 0 Å². The van der Waals surface area contributed by atoms with Crippen molar-refractivity contribution in [2.45, 2.75) is 5.82 Å². The summed E-state index contributed by atoms with van der Waals surface area (Å²) in [7, 11) is 0. The van der Waals surface area contributed by atoms with Gasteiger partial charge in [-0.3, -0.25) is 0 Å². The summed E-state index contributed by atoms with van der Waals surface area (Å²) in [4.78, 5) is 1.45. The Kier molecular flexibility index (Phi) is 3.02. The topological polar surface area (TPSA) is 0 Å². The minimum atomic E-state index is 0.533. The van der Waals surface area contributed by atoms with E-state index in [9.17, 15) is 0 Å². The number of benzene rings is 2. The standard InChI is InChI=1S/C15H12SSe/c1-17-15-12-9-5-6-10-13(12)16-14(15)11-7-3-2-4-8-11/h2-10H,1H3. The second-order valence-corrected chi connectivity index (χ2v) is 6.59. The fourth-order valence-electron chi connectivity index (χ4n) is 2.00. The Bertz CT molecular complexity index is 640. The summed E-state index contributed by atoms with van der Waals surface area (Å²) in [5, 5.41) is 1.44. The Morgan fingerprint density at radius 3 is 2.35 bits per heavy atom. The molecule has 3 aromatic rings. The van der Waals surface area contributed by atoms with Crippen LogP contribution in [-0.4, -0.2) is 15.0 Å². The summed E-state index contributed by atoms with van der Waals surface area (Å²) in [5.41, 5.74) is 1.35. The molecule has 84 valence electrons. The molecule has 0 fully saturated rings. The van der Waals surface area contributed by atoms with E-state index in [1.165, 1.54) is 20.5 Å². The Morgan fingerprint density at radius 1 is 0.882 bits per heavy atom. The molecule has 0 saturated carbocycles. The number of hydrogen-bond donors (Lipinski definition) is 0. The summed E-state index contributed by atoms with van der Waals surface area (Å²) >= 11 is 2.45. The van der Waals surface area contributed by atoms with Crippen LogP contribution in [0.15, 0.2) is 54.6 Å². The Balaban J connectivity index is 2.30. The third kappa shape index (κ3) is 1.93. The van der Waals surface area contributed by atoms with Gasteiger partial charge in [0, 0.05) is 0 Å². The molecule has 0 nitrogen and oxygen atoms in total. The van der Waals surface area contributed by atoms with Crippen LogP contribution in [0.5, 0.6) is 0 Å². The van der Waals surface area contributed by atoms with Crippen molar-refractivity contribution in [2.75, 3.05) is 0 Å². The van der Waals surface area contributed by atoms with Gasteiger partial charge in [-0.05, 0) is 0 Å². The number of hydrogen-bond acceptors (Lipinski definition) is 1. The molecular weight excluding hydrogens is 291 g/mol. The van der Waals surface area contributed by atoms with E-state index in [4.69, 9.17) is 0 Å². The zero-order valence-corrected chi connectivity index (χ0v) is 12.0. The van der Waals surface area contributed by atoms with Gasteiger partial charge in [0.15, 0.2) is 0 Å². The van der Waals surface area contributed by atoms with E-state index < -0.39 is 0 Å². The SMILES string of the molecule is C[Se]c1c(-c2ccccc2)sc2ccccc12. The van der Waals surface area contributed by atoms with Gasteiger partial charge in [-0.2, -0.15) is 0 Å². The minimum absolute atomic E-state index is 0.533. The molecule has 1 aromatic heterocycles. The fourth-order valence-corrected chi connectivity index (χ4v) is 5.42. The summed E-state index contributed by atoms with van der Waals surface area (Å²) < 4.78 is 2.95. The van der Waals surface area contributed by atoms with Gasteiger partial charge in [-0.1, -0.05) is 0 Å². The van der Waals surface area contributed by atoms with Crippen LogP contribution >= 0.6 is 11.3 Å². The van der Waals surface area contributed by atoms with Crippen molar-refractivity contribution in [3.8, 4) is 10.4 Å². The molecule has 2 heteroatoms. The van der Waals surface area contributed by atoms with E-state index >= 15 is 0 Å². The predicted molar refractivity (Wildman–Crippen MR) is 78.5 cm³/mol. The van der Waals surface area contributed by atoms with E-state index in [2.05, 4.69) is 60.4 Å². The molecule has 0 radical (unpaired) electrons. The fraction of sp³-hybridized carbons (Fsp3) is 0.0667. The van der Waals surface area contributed by atoms with E-state index in [1.807, 2.05) is 11.3 Å². The van der Waals surface area contributed by atoms with Gasteiger partial charge in [-0.15, -0.1) is 0 Å². The first kappa shape index (κ1) is 11.0. The van der Waals surface area contributed by atoms with Gasteiger partial charge in [0.05, 0.1) is 0 Å². The molecule has 3 rings (SSSR count). The predicted octanol–water partition coefficient (Wildman–Crippen LogP) is 3.95. The molecular formula is C15H12SSe. The van der Waals surface area contributed by atoms with Crippen molar-refractivity contribution in [1.29, 1.82) is 0 Å². The van der Waals surface area contributed by atoms with Crippen LogP contribution in [0.4, 0.5) is 0 Å². The van der Waals surface area contributed by atoms with Gasteiger partial charge >= 0.3 is 112 Å². The molecule has 0 aliphatic rings. The van der Waals surface area contributed by atoms with Crippen LogP contribution in [0.2, 0.25) is 5.82 Å². The van der Waals surface area contributed by atoms with Crippen LogP contribution < -0.4 is 4.46 Å². The van der Waals surface area contributed by atoms with Crippen LogP contribution in [0.1, 0.15) is 0 Å². The summed E-state index contributed by atoms with van der Waals surface area (Å²) in [6.07, 6.45) is 0. The van der Waals surface area contributed by atoms with Gasteiger partial charge < -0.3 is 0 Å². The molecule has 2 aromatic carbocycles. The maximum absolute atomic E-state index is 2.30. The van der Waals surface area contributed by atoms with Crippen molar-refractivity contribution in [2.24, 2.45) is 0 Å². The summed E-state index contributed by atoms with van der Waals surface area (Å²) in [6, 6.07) is 19.5. The second-order valence-electron chi connectivity index (χ2n) is 3.83.